The van der Waals surface area contributed by atoms with Crippen LogP contribution in [-0.4, -0.2) is 59.8 Å². The molecule has 206 valence electrons. The van der Waals surface area contributed by atoms with Crippen molar-refractivity contribution in [2.45, 2.75) is 76.1 Å². The lowest BCUT2D eigenvalue weighted by Crippen LogP contribution is -2.66. The summed E-state index contributed by atoms with van der Waals surface area (Å²) >= 11 is 0. The van der Waals surface area contributed by atoms with E-state index in [4.69, 9.17) is 23.4 Å². The van der Waals surface area contributed by atoms with Crippen molar-refractivity contribution in [2.24, 2.45) is 0 Å². The number of hydrogen-bond donors (Lipinski definition) is 0. The summed E-state index contributed by atoms with van der Waals surface area (Å²) in [5.74, 6) is 0. The predicted molar refractivity (Wildman–Crippen MR) is 155 cm³/mol. The summed E-state index contributed by atoms with van der Waals surface area (Å²) in [5.41, 5.74) is 1.11. The zero-order valence-corrected chi connectivity index (χ0v) is 24.4. The predicted octanol–water partition coefficient (Wildman–Crippen LogP) is 5.39. The Balaban J connectivity index is 1.38. The molecule has 2 heterocycles. The van der Waals surface area contributed by atoms with Gasteiger partial charge in [0, 0.05) is 13.5 Å². The molecule has 3 atom stereocenters. The molecule has 2 aliphatic heterocycles. The van der Waals surface area contributed by atoms with E-state index in [1.807, 2.05) is 0 Å². The van der Waals surface area contributed by atoms with Crippen LogP contribution in [0.2, 0.25) is 5.04 Å². The molecule has 5 nitrogen and oxygen atoms in total. The van der Waals surface area contributed by atoms with Gasteiger partial charge in [-0.15, -0.1) is 0 Å². The van der Waals surface area contributed by atoms with Crippen LogP contribution in [0.3, 0.4) is 0 Å². The van der Waals surface area contributed by atoms with Gasteiger partial charge in [0.2, 0.25) is 0 Å². The highest BCUT2D eigenvalue weighted by Crippen LogP contribution is 2.37. The van der Waals surface area contributed by atoms with Crippen LogP contribution in [0.4, 0.5) is 0 Å². The molecule has 1 saturated heterocycles. The van der Waals surface area contributed by atoms with Gasteiger partial charge in [0.1, 0.15) is 6.10 Å². The molecular formula is C32H44O5Si. The van der Waals surface area contributed by atoms with E-state index in [2.05, 4.69) is 100 Å². The Labute approximate surface area is 229 Å². The van der Waals surface area contributed by atoms with Gasteiger partial charge in [-0.1, -0.05) is 106 Å². The third-order valence-electron chi connectivity index (χ3n) is 7.55. The summed E-state index contributed by atoms with van der Waals surface area (Å²) in [5, 5.41) is 2.53. The Morgan fingerprint density at radius 1 is 0.947 bits per heavy atom. The first-order valence-electron chi connectivity index (χ1n) is 13.8. The second-order valence-corrected chi connectivity index (χ2v) is 15.6. The highest BCUT2D eigenvalue weighted by atomic mass is 28.4. The number of ether oxygens (including phenoxy) is 4. The quantitative estimate of drug-likeness (QED) is 0.269. The molecule has 0 aliphatic carbocycles. The molecule has 2 aromatic carbocycles. The summed E-state index contributed by atoms with van der Waals surface area (Å²) in [4.78, 5) is 0. The van der Waals surface area contributed by atoms with Crippen LogP contribution in [-0.2, 0) is 23.4 Å². The van der Waals surface area contributed by atoms with Crippen LogP contribution in [0.25, 0.3) is 0 Å². The molecule has 0 radical (unpaired) electrons. The number of hydrogen-bond acceptors (Lipinski definition) is 5. The van der Waals surface area contributed by atoms with Crippen molar-refractivity contribution in [1.82, 2.24) is 0 Å². The lowest BCUT2D eigenvalue weighted by atomic mass is 10.00. The average Bonchev–Trinajstić information content (AvgIpc) is 3.43. The molecule has 0 bridgehead atoms. The van der Waals surface area contributed by atoms with Crippen molar-refractivity contribution in [3.8, 4) is 0 Å². The standard InChI is InChI=1S/C32H44O5Si/c1-25(13-12-18-30-29(33-5)20-19-26(37-30)23-31-34-21-22-35-31)24-36-38(32(2,3)4,27-14-8-6-9-15-27)28-16-10-7-11-17-28/h6-11,14-17,19-20,26,29-31H,1,12-13,18,21-24H2,2-5H3. The van der Waals surface area contributed by atoms with E-state index < -0.39 is 8.32 Å². The van der Waals surface area contributed by atoms with Crippen LogP contribution in [0.5, 0.6) is 0 Å². The van der Waals surface area contributed by atoms with Crippen molar-refractivity contribution >= 4 is 18.7 Å². The summed E-state index contributed by atoms with van der Waals surface area (Å²) in [6, 6.07) is 21.5. The smallest absolute Gasteiger partial charge is 0.261 e. The maximum atomic E-state index is 7.05. The van der Waals surface area contributed by atoms with Crippen LogP contribution < -0.4 is 10.4 Å². The van der Waals surface area contributed by atoms with Gasteiger partial charge in [0.25, 0.3) is 8.32 Å². The third kappa shape index (κ3) is 6.92. The van der Waals surface area contributed by atoms with Gasteiger partial charge >= 0.3 is 0 Å². The first kappa shape index (κ1) is 28.9. The second-order valence-electron chi connectivity index (χ2n) is 11.3. The summed E-state index contributed by atoms with van der Waals surface area (Å²) in [6.45, 7) is 13.2. The molecule has 38 heavy (non-hydrogen) atoms. The van der Waals surface area contributed by atoms with Crippen LogP contribution >= 0.6 is 0 Å². The lowest BCUT2D eigenvalue weighted by Gasteiger charge is -2.43. The van der Waals surface area contributed by atoms with E-state index in [1.165, 1.54) is 10.4 Å². The molecule has 6 heteroatoms. The number of benzene rings is 2. The molecule has 2 aromatic rings. The minimum absolute atomic E-state index is 0.00167. The van der Waals surface area contributed by atoms with Gasteiger partial charge in [-0.25, -0.2) is 0 Å². The largest absolute Gasteiger partial charge is 0.403 e. The first-order chi connectivity index (χ1) is 18.3. The molecular weight excluding hydrogens is 492 g/mol. The SMILES string of the molecule is C=C(CCCC1OC(CC2OCCO2)C=CC1OC)CO[Si](c1ccccc1)(c1ccccc1)C(C)(C)C. The molecule has 0 saturated carbocycles. The van der Waals surface area contributed by atoms with E-state index in [0.29, 0.717) is 26.2 Å². The van der Waals surface area contributed by atoms with E-state index >= 15 is 0 Å². The molecule has 3 unspecified atom stereocenters. The molecule has 0 N–H and O–H groups in total. The molecule has 2 aliphatic rings. The Morgan fingerprint density at radius 2 is 1.55 bits per heavy atom. The van der Waals surface area contributed by atoms with E-state index in [-0.39, 0.29) is 29.6 Å². The van der Waals surface area contributed by atoms with Crippen molar-refractivity contribution < 1.29 is 23.4 Å². The molecule has 0 aromatic heterocycles. The van der Waals surface area contributed by atoms with Crippen LogP contribution in [0.15, 0.2) is 85.0 Å². The van der Waals surface area contributed by atoms with Gasteiger partial charge in [0.15, 0.2) is 6.29 Å². The van der Waals surface area contributed by atoms with Gasteiger partial charge in [-0.3, -0.25) is 0 Å². The fourth-order valence-electron chi connectivity index (χ4n) is 5.63. The van der Waals surface area contributed by atoms with E-state index in [9.17, 15) is 0 Å². The topological polar surface area (TPSA) is 46.2 Å². The highest BCUT2D eigenvalue weighted by Gasteiger charge is 2.50. The highest BCUT2D eigenvalue weighted by molar-refractivity contribution is 6.99. The summed E-state index contributed by atoms with van der Waals surface area (Å²) in [6.07, 6.45) is 7.41. The van der Waals surface area contributed by atoms with Crippen molar-refractivity contribution in [3.05, 3.63) is 85.0 Å². The third-order valence-corrected chi connectivity index (χ3v) is 12.5. The average molecular weight is 537 g/mol. The van der Waals surface area contributed by atoms with Gasteiger partial charge in [0.05, 0.1) is 32.0 Å². The summed E-state index contributed by atoms with van der Waals surface area (Å²) < 4.78 is 30.3. The fourth-order valence-corrected chi connectivity index (χ4v) is 10.2. The van der Waals surface area contributed by atoms with Gasteiger partial charge in [-0.2, -0.15) is 0 Å². The Kier molecular flexibility index (Phi) is 10.2. The van der Waals surface area contributed by atoms with Crippen LogP contribution in [0, 0.1) is 0 Å². The second kappa shape index (κ2) is 13.3. The molecule has 4 rings (SSSR count). The normalized spacial score (nSPS) is 22.6. The van der Waals surface area contributed by atoms with Gasteiger partial charge in [-0.05, 0) is 34.7 Å². The Hall–Kier alpha value is -2.06. The minimum atomic E-state index is -2.57. The Bertz CT molecular complexity index is 987. The monoisotopic (exact) mass is 536 g/mol. The molecule has 0 spiro atoms. The van der Waals surface area contributed by atoms with E-state index in [0.717, 1.165) is 24.8 Å². The minimum Gasteiger partial charge on any atom is -0.403 e. The maximum absolute atomic E-state index is 7.05. The Morgan fingerprint density at radius 3 is 2.11 bits per heavy atom. The zero-order chi connectivity index (χ0) is 27.0. The lowest BCUT2D eigenvalue weighted by molar-refractivity contribution is -0.115. The van der Waals surface area contributed by atoms with Crippen molar-refractivity contribution in [2.75, 3.05) is 26.9 Å². The van der Waals surface area contributed by atoms with Gasteiger partial charge < -0.3 is 23.4 Å². The summed E-state index contributed by atoms with van der Waals surface area (Å²) in [7, 11) is -0.824. The molecule has 1 fully saturated rings. The van der Waals surface area contributed by atoms with Crippen LogP contribution in [0.1, 0.15) is 46.5 Å². The zero-order valence-electron chi connectivity index (χ0n) is 23.4. The van der Waals surface area contributed by atoms with E-state index in [1.54, 1.807) is 7.11 Å². The number of rotatable bonds is 12. The van der Waals surface area contributed by atoms with Crippen molar-refractivity contribution in [1.29, 1.82) is 0 Å². The van der Waals surface area contributed by atoms with Crippen molar-refractivity contribution in [3.63, 3.8) is 0 Å². The fraction of sp³-hybridized carbons (Fsp3) is 0.500. The maximum Gasteiger partial charge on any atom is 0.261 e. The first-order valence-corrected chi connectivity index (χ1v) is 15.8. The molecule has 0 amide bonds. The number of methoxy groups -OCH3 is 1.